The first kappa shape index (κ1) is 10.2. The molecule has 0 bridgehead atoms. The quantitative estimate of drug-likeness (QED) is 0.621. The lowest BCUT2D eigenvalue weighted by molar-refractivity contribution is 0.420. The maximum atomic E-state index is 2.43. The number of unbranched alkanes of at least 4 members (excludes halogenated alkanes) is 1. The third-order valence-corrected chi connectivity index (χ3v) is 6.06. The molecule has 3 aliphatic carbocycles. The van der Waals surface area contributed by atoms with Gasteiger partial charge in [-0.2, -0.15) is 0 Å². The lowest BCUT2D eigenvalue weighted by atomic mass is 9.97. The van der Waals surface area contributed by atoms with Gasteiger partial charge in [0.15, 0.2) is 0 Å². The molecule has 0 amide bonds. The van der Waals surface area contributed by atoms with Crippen molar-refractivity contribution < 1.29 is 0 Å². The fourth-order valence-electron chi connectivity index (χ4n) is 5.39. The molecule has 15 heavy (non-hydrogen) atoms. The zero-order valence-electron chi connectivity index (χ0n) is 10.5. The lowest BCUT2D eigenvalue weighted by Gasteiger charge is -2.07. The lowest BCUT2D eigenvalue weighted by Crippen LogP contribution is -1.99. The average Bonchev–Trinajstić information content (AvgIpc) is 2.97. The molecule has 0 nitrogen and oxygen atoms in total. The Hall–Kier alpha value is 0. The van der Waals surface area contributed by atoms with Crippen molar-refractivity contribution in [3.05, 3.63) is 0 Å². The SMILES string of the molecule is CCCCC1C(CC)C12CC21CCCC1. The highest BCUT2D eigenvalue weighted by Crippen LogP contribution is 2.90. The number of fused-ring (bicyclic) bond motifs is 1. The van der Waals surface area contributed by atoms with Crippen molar-refractivity contribution in [2.75, 3.05) is 0 Å². The standard InChI is InChI=1S/C15H26/c1-3-5-8-13-12(4-2)15(13)11-14(15)9-6-7-10-14/h12-13H,3-11H2,1-2H3. The van der Waals surface area contributed by atoms with Crippen LogP contribution in [0.1, 0.15) is 71.6 Å². The van der Waals surface area contributed by atoms with Crippen LogP contribution in [0.2, 0.25) is 0 Å². The third-order valence-electron chi connectivity index (χ3n) is 6.06. The van der Waals surface area contributed by atoms with Crippen LogP contribution >= 0.6 is 0 Å². The van der Waals surface area contributed by atoms with Gasteiger partial charge in [0.2, 0.25) is 0 Å². The molecule has 3 atom stereocenters. The van der Waals surface area contributed by atoms with Gasteiger partial charge < -0.3 is 0 Å². The van der Waals surface area contributed by atoms with Crippen LogP contribution in [0.15, 0.2) is 0 Å². The first-order valence-corrected chi connectivity index (χ1v) is 7.31. The third kappa shape index (κ3) is 1.14. The van der Waals surface area contributed by atoms with Crippen LogP contribution in [0.5, 0.6) is 0 Å². The molecule has 86 valence electrons. The Morgan fingerprint density at radius 3 is 2.40 bits per heavy atom. The van der Waals surface area contributed by atoms with E-state index in [1.54, 1.807) is 38.5 Å². The topological polar surface area (TPSA) is 0 Å². The van der Waals surface area contributed by atoms with E-state index in [0.717, 1.165) is 22.7 Å². The van der Waals surface area contributed by atoms with Gasteiger partial charge in [0.25, 0.3) is 0 Å². The Labute approximate surface area is 94.8 Å². The summed E-state index contributed by atoms with van der Waals surface area (Å²) in [5, 5.41) is 0. The van der Waals surface area contributed by atoms with E-state index in [2.05, 4.69) is 13.8 Å². The zero-order valence-corrected chi connectivity index (χ0v) is 10.5. The normalized spacial score (nSPS) is 45.2. The molecule has 0 radical (unpaired) electrons. The van der Waals surface area contributed by atoms with E-state index >= 15 is 0 Å². The smallest absolute Gasteiger partial charge is 0.0173 e. The molecule has 0 aromatic rings. The Kier molecular flexibility index (Phi) is 2.20. The minimum absolute atomic E-state index is 0.895. The maximum Gasteiger partial charge on any atom is -0.0173 e. The zero-order chi connectivity index (χ0) is 10.5. The maximum absolute atomic E-state index is 2.43. The van der Waals surface area contributed by atoms with E-state index in [4.69, 9.17) is 0 Å². The number of hydrogen-bond acceptors (Lipinski definition) is 0. The predicted molar refractivity (Wildman–Crippen MR) is 64.7 cm³/mol. The van der Waals surface area contributed by atoms with Crippen molar-refractivity contribution >= 4 is 0 Å². The number of hydrogen-bond donors (Lipinski definition) is 0. The molecule has 0 saturated heterocycles. The molecule has 0 N–H and O–H groups in total. The van der Waals surface area contributed by atoms with E-state index in [1.165, 1.54) is 19.3 Å². The molecule has 3 unspecified atom stereocenters. The number of rotatable bonds is 4. The van der Waals surface area contributed by atoms with Crippen LogP contribution in [0.4, 0.5) is 0 Å². The Morgan fingerprint density at radius 2 is 1.80 bits per heavy atom. The van der Waals surface area contributed by atoms with Crippen molar-refractivity contribution in [2.24, 2.45) is 22.7 Å². The van der Waals surface area contributed by atoms with E-state index in [0.29, 0.717) is 0 Å². The van der Waals surface area contributed by atoms with Crippen LogP contribution in [-0.2, 0) is 0 Å². The van der Waals surface area contributed by atoms with Crippen molar-refractivity contribution in [2.45, 2.75) is 71.6 Å². The molecular weight excluding hydrogens is 180 g/mol. The summed E-state index contributed by atoms with van der Waals surface area (Å²) < 4.78 is 0. The largest absolute Gasteiger partial charge is 0.0654 e. The summed E-state index contributed by atoms with van der Waals surface area (Å²) in [7, 11) is 0. The predicted octanol–water partition coefficient (Wildman–Crippen LogP) is 4.78. The summed E-state index contributed by atoms with van der Waals surface area (Å²) in [6.07, 6.45) is 13.8. The second kappa shape index (κ2) is 3.25. The molecule has 0 heterocycles. The monoisotopic (exact) mass is 206 g/mol. The fourth-order valence-corrected chi connectivity index (χ4v) is 5.39. The first-order valence-electron chi connectivity index (χ1n) is 7.31. The molecule has 0 heteroatoms. The van der Waals surface area contributed by atoms with Gasteiger partial charge in [-0.1, -0.05) is 46.0 Å². The highest BCUT2D eigenvalue weighted by atomic mass is 14.9. The molecule has 3 rings (SSSR count). The van der Waals surface area contributed by atoms with Crippen LogP contribution in [-0.4, -0.2) is 0 Å². The van der Waals surface area contributed by atoms with Gasteiger partial charge in [0.1, 0.15) is 0 Å². The Morgan fingerprint density at radius 1 is 1.07 bits per heavy atom. The van der Waals surface area contributed by atoms with Crippen LogP contribution in [0.3, 0.4) is 0 Å². The fraction of sp³-hybridized carbons (Fsp3) is 1.00. The first-order chi connectivity index (χ1) is 7.31. The van der Waals surface area contributed by atoms with Crippen LogP contribution in [0, 0.1) is 22.7 Å². The molecule has 3 fully saturated rings. The summed E-state index contributed by atoms with van der Waals surface area (Å²) in [6, 6.07) is 0. The molecule has 0 aromatic carbocycles. The van der Waals surface area contributed by atoms with Gasteiger partial charge in [0, 0.05) is 0 Å². The van der Waals surface area contributed by atoms with E-state index in [9.17, 15) is 0 Å². The van der Waals surface area contributed by atoms with Gasteiger partial charge in [-0.3, -0.25) is 0 Å². The summed E-state index contributed by atoms with van der Waals surface area (Å²) in [6.45, 7) is 4.77. The van der Waals surface area contributed by atoms with Gasteiger partial charge >= 0.3 is 0 Å². The summed E-state index contributed by atoms with van der Waals surface area (Å²) in [5.74, 6) is 2.29. The second-order valence-electron chi connectivity index (χ2n) is 6.47. The molecular formula is C15H26. The van der Waals surface area contributed by atoms with Crippen molar-refractivity contribution in [1.29, 1.82) is 0 Å². The van der Waals surface area contributed by atoms with E-state index in [-0.39, 0.29) is 0 Å². The average molecular weight is 206 g/mol. The van der Waals surface area contributed by atoms with Crippen LogP contribution < -0.4 is 0 Å². The van der Waals surface area contributed by atoms with Gasteiger partial charge in [0.05, 0.1) is 0 Å². The van der Waals surface area contributed by atoms with E-state index < -0.39 is 0 Å². The van der Waals surface area contributed by atoms with Crippen LogP contribution in [0.25, 0.3) is 0 Å². The van der Waals surface area contributed by atoms with Crippen molar-refractivity contribution in [3.8, 4) is 0 Å². The Bertz CT molecular complexity index is 249. The van der Waals surface area contributed by atoms with E-state index in [1.807, 2.05) is 0 Å². The highest BCUT2D eigenvalue weighted by molar-refractivity contribution is 5.31. The second-order valence-corrected chi connectivity index (χ2v) is 6.47. The van der Waals surface area contributed by atoms with Crippen molar-refractivity contribution in [3.63, 3.8) is 0 Å². The van der Waals surface area contributed by atoms with Gasteiger partial charge in [-0.15, -0.1) is 0 Å². The molecule has 3 aliphatic rings. The molecule has 0 aromatic heterocycles. The molecule has 2 spiro atoms. The molecule has 3 saturated carbocycles. The highest BCUT2D eigenvalue weighted by Gasteiger charge is 2.83. The summed E-state index contributed by atoms with van der Waals surface area (Å²) in [4.78, 5) is 0. The van der Waals surface area contributed by atoms with Crippen molar-refractivity contribution in [1.82, 2.24) is 0 Å². The summed E-state index contributed by atoms with van der Waals surface area (Å²) in [5.41, 5.74) is 1.81. The minimum Gasteiger partial charge on any atom is -0.0654 e. The summed E-state index contributed by atoms with van der Waals surface area (Å²) >= 11 is 0. The Balaban J connectivity index is 1.67. The molecule has 0 aliphatic heterocycles. The van der Waals surface area contributed by atoms with Gasteiger partial charge in [-0.25, -0.2) is 0 Å². The minimum atomic E-state index is 0.895. The van der Waals surface area contributed by atoms with Gasteiger partial charge in [-0.05, 0) is 48.3 Å².